The van der Waals surface area contributed by atoms with Gasteiger partial charge in [0.2, 0.25) is 0 Å². The molecule has 0 aromatic heterocycles. The van der Waals surface area contributed by atoms with Crippen molar-refractivity contribution < 1.29 is 4.74 Å². The second-order valence-corrected chi connectivity index (χ2v) is 5.72. The molecule has 2 rings (SSSR count). The Morgan fingerprint density at radius 3 is 2.75 bits per heavy atom. The highest BCUT2D eigenvalue weighted by Crippen LogP contribution is 2.46. The van der Waals surface area contributed by atoms with Crippen molar-refractivity contribution >= 4 is 11.6 Å². The molecular weight excluding hydrogens is 220 g/mol. The Hall–Kier alpha value is -0.690. The van der Waals surface area contributed by atoms with Crippen LogP contribution in [0.3, 0.4) is 0 Å². The molecule has 1 aromatic rings. The number of alkyl halides is 1. The van der Waals surface area contributed by atoms with Crippen LogP contribution in [0, 0.1) is 6.92 Å². The summed E-state index contributed by atoms with van der Waals surface area (Å²) in [5, 5.41) is 0.315. The van der Waals surface area contributed by atoms with Crippen molar-refractivity contribution in [3.8, 4) is 5.75 Å². The van der Waals surface area contributed by atoms with Gasteiger partial charge in [-0.25, -0.2) is 0 Å². The van der Waals surface area contributed by atoms with E-state index in [0.717, 1.165) is 25.0 Å². The summed E-state index contributed by atoms with van der Waals surface area (Å²) in [6.07, 6.45) is 3.31. The third-order valence-electron chi connectivity index (χ3n) is 3.69. The fraction of sp³-hybridized carbons (Fsp3) is 0.571. The van der Waals surface area contributed by atoms with Gasteiger partial charge in [-0.15, -0.1) is 11.6 Å². The lowest BCUT2D eigenvalue weighted by molar-refractivity contribution is 0.386. The monoisotopic (exact) mass is 238 g/mol. The second kappa shape index (κ2) is 4.29. The quantitative estimate of drug-likeness (QED) is 0.707. The Bertz CT molecular complexity index is 388. The number of halogens is 1. The molecule has 0 spiro atoms. The van der Waals surface area contributed by atoms with Gasteiger partial charge in [0, 0.05) is 10.9 Å². The fourth-order valence-electron chi connectivity index (χ4n) is 2.71. The third-order valence-corrected chi connectivity index (χ3v) is 4.06. The summed E-state index contributed by atoms with van der Waals surface area (Å²) in [6.45, 7) is 4.42. The number of rotatable bonds is 2. The van der Waals surface area contributed by atoms with Crippen LogP contribution in [-0.2, 0) is 5.41 Å². The highest BCUT2D eigenvalue weighted by molar-refractivity contribution is 6.20. The van der Waals surface area contributed by atoms with Crippen molar-refractivity contribution in [1.29, 1.82) is 0 Å². The summed E-state index contributed by atoms with van der Waals surface area (Å²) in [4.78, 5) is 0. The number of ether oxygens (including phenoxy) is 1. The number of aryl methyl sites for hydroxylation is 1. The van der Waals surface area contributed by atoms with Crippen LogP contribution < -0.4 is 4.74 Å². The van der Waals surface area contributed by atoms with Gasteiger partial charge in [0.1, 0.15) is 5.75 Å². The van der Waals surface area contributed by atoms with Crippen molar-refractivity contribution in [3.63, 3.8) is 0 Å². The number of methoxy groups -OCH3 is 1. The zero-order chi connectivity index (χ0) is 11.8. The smallest absolute Gasteiger partial charge is 0.122 e. The van der Waals surface area contributed by atoms with Crippen molar-refractivity contribution in [2.45, 2.75) is 43.9 Å². The van der Waals surface area contributed by atoms with E-state index in [4.69, 9.17) is 16.3 Å². The van der Waals surface area contributed by atoms with Crippen LogP contribution in [0.15, 0.2) is 18.2 Å². The topological polar surface area (TPSA) is 9.23 Å². The van der Waals surface area contributed by atoms with Gasteiger partial charge in [0.25, 0.3) is 0 Å². The highest BCUT2D eigenvalue weighted by atomic mass is 35.5. The van der Waals surface area contributed by atoms with E-state index in [9.17, 15) is 0 Å². The predicted octanol–water partition coefficient (Wildman–Crippen LogP) is 4.05. The van der Waals surface area contributed by atoms with E-state index in [0.29, 0.717) is 5.38 Å². The molecule has 1 fully saturated rings. The first-order chi connectivity index (χ1) is 7.55. The third kappa shape index (κ3) is 2.06. The van der Waals surface area contributed by atoms with E-state index < -0.39 is 0 Å². The number of benzene rings is 1. The van der Waals surface area contributed by atoms with E-state index in [-0.39, 0.29) is 5.41 Å². The van der Waals surface area contributed by atoms with Gasteiger partial charge < -0.3 is 4.74 Å². The van der Waals surface area contributed by atoms with E-state index in [1.807, 2.05) is 0 Å². The molecule has 0 bridgehead atoms. The maximum absolute atomic E-state index is 6.24. The molecule has 2 unspecified atom stereocenters. The number of hydrogen-bond donors (Lipinski definition) is 0. The molecule has 2 heteroatoms. The molecule has 88 valence electrons. The minimum atomic E-state index is 0.184. The Kier molecular flexibility index (Phi) is 3.16. The van der Waals surface area contributed by atoms with E-state index >= 15 is 0 Å². The Morgan fingerprint density at radius 2 is 2.19 bits per heavy atom. The molecule has 0 radical (unpaired) electrons. The van der Waals surface area contributed by atoms with Crippen LogP contribution in [0.5, 0.6) is 5.75 Å². The highest BCUT2D eigenvalue weighted by Gasteiger charge is 2.37. The van der Waals surface area contributed by atoms with Gasteiger partial charge in [0.05, 0.1) is 7.11 Å². The second-order valence-electron chi connectivity index (χ2n) is 5.10. The van der Waals surface area contributed by atoms with Crippen molar-refractivity contribution in [2.24, 2.45) is 0 Å². The molecule has 1 nitrogen and oxygen atoms in total. The van der Waals surface area contributed by atoms with Gasteiger partial charge in [-0.3, -0.25) is 0 Å². The average molecular weight is 239 g/mol. The van der Waals surface area contributed by atoms with Gasteiger partial charge in [0.15, 0.2) is 0 Å². The minimum Gasteiger partial charge on any atom is -0.496 e. The predicted molar refractivity (Wildman–Crippen MR) is 68.6 cm³/mol. The van der Waals surface area contributed by atoms with Gasteiger partial charge in [-0.1, -0.05) is 24.6 Å². The maximum Gasteiger partial charge on any atom is 0.122 e. The Balaban J connectivity index is 2.42. The fourth-order valence-corrected chi connectivity index (χ4v) is 3.16. The van der Waals surface area contributed by atoms with Crippen molar-refractivity contribution in [2.75, 3.05) is 7.11 Å². The van der Waals surface area contributed by atoms with E-state index in [1.54, 1.807) is 7.11 Å². The SMILES string of the molecule is COc1ccc(C)cc1C1(C)CCC(Cl)C1. The molecular formula is C14H19ClO. The molecule has 1 saturated carbocycles. The summed E-state index contributed by atoms with van der Waals surface area (Å²) in [6, 6.07) is 6.41. The first-order valence-corrected chi connectivity index (χ1v) is 6.28. The summed E-state index contributed by atoms with van der Waals surface area (Å²) >= 11 is 6.24. The lowest BCUT2D eigenvalue weighted by Gasteiger charge is -2.26. The molecule has 16 heavy (non-hydrogen) atoms. The van der Waals surface area contributed by atoms with Crippen molar-refractivity contribution in [1.82, 2.24) is 0 Å². The van der Waals surface area contributed by atoms with Crippen LogP contribution in [0.2, 0.25) is 0 Å². The molecule has 1 aliphatic rings. The zero-order valence-electron chi connectivity index (χ0n) is 10.2. The zero-order valence-corrected chi connectivity index (χ0v) is 11.0. The van der Waals surface area contributed by atoms with Crippen LogP contribution >= 0.6 is 11.6 Å². The molecule has 0 saturated heterocycles. The molecule has 0 amide bonds. The van der Waals surface area contributed by atoms with Gasteiger partial charge in [-0.05, 0) is 37.7 Å². The van der Waals surface area contributed by atoms with Crippen molar-refractivity contribution in [3.05, 3.63) is 29.3 Å². The van der Waals surface area contributed by atoms with Crippen LogP contribution in [-0.4, -0.2) is 12.5 Å². The molecule has 0 aliphatic heterocycles. The van der Waals surface area contributed by atoms with E-state index in [1.165, 1.54) is 11.1 Å². The maximum atomic E-state index is 6.24. The van der Waals surface area contributed by atoms with Gasteiger partial charge in [-0.2, -0.15) is 0 Å². The molecule has 0 N–H and O–H groups in total. The first-order valence-electron chi connectivity index (χ1n) is 5.84. The molecule has 1 aliphatic carbocycles. The normalized spacial score (nSPS) is 29.4. The lowest BCUT2D eigenvalue weighted by atomic mass is 9.80. The van der Waals surface area contributed by atoms with Crippen LogP contribution in [0.25, 0.3) is 0 Å². The largest absolute Gasteiger partial charge is 0.496 e. The molecule has 2 atom stereocenters. The summed E-state index contributed by atoms with van der Waals surface area (Å²) < 4.78 is 5.47. The summed E-state index contributed by atoms with van der Waals surface area (Å²) in [5.41, 5.74) is 2.79. The van der Waals surface area contributed by atoms with Crippen LogP contribution in [0.4, 0.5) is 0 Å². The standard InChI is InChI=1S/C14H19ClO/c1-10-4-5-13(16-3)12(8-10)14(2)7-6-11(15)9-14/h4-5,8,11H,6-7,9H2,1-3H3. The lowest BCUT2D eigenvalue weighted by Crippen LogP contribution is -2.19. The molecule has 1 aromatic carbocycles. The molecule has 0 heterocycles. The van der Waals surface area contributed by atoms with Gasteiger partial charge >= 0.3 is 0 Å². The van der Waals surface area contributed by atoms with Crippen LogP contribution in [0.1, 0.15) is 37.3 Å². The van der Waals surface area contributed by atoms with E-state index in [2.05, 4.69) is 32.0 Å². The summed E-state index contributed by atoms with van der Waals surface area (Å²) in [5.74, 6) is 0.999. The number of hydrogen-bond acceptors (Lipinski definition) is 1. The summed E-state index contributed by atoms with van der Waals surface area (Å²) in [7, 11) is 1.74. The minimum absolute atomic E-state index is 0.184. The average Bonchev–Trinajstić information content (AvgIpc) is 2.60. The Labute approximate surface area is 103 Å². The Morgan fingerprint density at radius 1 is 1.44 bits per heavy atom. The first kappa shape index (κ1) is 11.8.